The van der Waals surface area contributed by atoms with Crippen LogP contribution in [-0.4, -0.2) is 55.1 Å². The van der Waals surface area contributed by atoms with E-state index in [1.165, 1.54) is 29.2 Å². The number of hydrogen-bond donors (Lipinski definition) is 0. The summed E-state index contributed by atoms with van der Waals surface area (Å²) in [6, 6.07) is 10.3. The summed E-state index contributed by atoms with van der Waals surface area (Å²) in [5.74, 6) is 0.320. The number of likely N-dealkylation sites (tertiary alicyclic amines) is 1. The number of methoxy groups -OCH3 is 2. The summed E-state index contributed by atoms with van der Waals surface area (Å²) in [5.41, 5.74) is 0.930. The van der Waals surface area contributed by atoms with Gasteiger partial charge in [-0.05, 0) is 36.6 Å². The maximum Gasteiger partial charge on any atom is 0.328 e. The molecule has 0 N–H and O–H groups in total. The molecular weight excluding hydrogens is 404 g/mol. The van der Waals surface area contributed by atoms with Gasteiger partial charge in [-0.25, -0.2) is 4.79 Å². The second kappa shape index (κ2) is 9.92. The number of carbonyl (C=O) groups excluding carboxylic acids is 2. The van der Waals surface area contributed by atoms with E-state index in [0.717, 1.165) is 5.56 Å². The number of nitro groups is 1. The van der Waals surface area contributed by atoms with E-state index in [1.807, 2.05) is 12.1 Å². The zero-order valence-corrected chi connectivity index (χ0v) is 17.4. The summed E-state index contributed by atoms with van der Waals surface area (Å²) in [6.45, 7) is 0.556. The molecule has 1 aliphatic rings. The van der Waals surface area contributed by atoms with E-state index in [1.54, 1.807) is 20.3 Å². The predicted octanol–water partition coefficient (Wildman–Crippen LogP) is 3.00. The number of nitro benzene ring substituents is 1. The van der Waals surface area contributed by atoms with Crippen molar-refractivity contribution in [1.82, 2.24) is 4.90 Å². The largest absolute Gasteiger partial charge is 0.493 e. The first-order chi connectivity index (χ1) is 14.9. The van der Waals surface area contributed by atoms with E-state index >= 15 is 0 Å². The molecule has 9 heteroatoms. The molecule has 1 saturated heterocycles. The summed E-state index contributed by atoms with van der Waals surface area (Å²) in [4.78, 5) is 37.3. The summed E-state index contributed by atoms with van der Waals surface area (Å²) in [6.07, 6.45) is 1.64. The zero-order valence-electron chi connectivity index (χ0n) is 17.4. The van der Waals surface area contributed by atoms with Gasteiger partial charge in [0.1, 0.15) is 6.04 Å². The van der Waals surface area contributed by atoms with E-state index in [0.29, 0.717) is 37.3 Å². The maximum atomic E-state index is 12.8. The Bertz CT molecular complexity index is 976. The van der Waals surface area contributed by atoms with Gasteiger partial charge < -0.3 is 19.1 Å². The summed E-state index contributed by atoms with van der Waals surface area (Å²) in [7, 11) is 3.11. The molecule has 164 valence electrons. The van der Waals surface area contributed by atoms with Crippen LogP contribution in [0.5, 0.6) is 11.5 Å². The Balaban J connectivity index is 1.60. The van der Waals surface area contributed by atoms with Crippen LogP contribution in [-0.2, 0) is 16.0 Å². The van der Waals surface area contributed by atoms with Crippen molar-refractivity contribution in [3.63, 3.8) is 0 Å². The lowest BCUT2D eigenvalue weighted by molar-refractivity contribution is -0.384. The minimum Gasteiger partial charge on any atom is -0.493 e. The van der Waals surface area contributed by atoms with E-state index in [4.69, 9.17) is 14.2 Å². The smallest absolute Gasteiger partial charge is 0.328 e. The molecule has 9 nitrogen and oxygen atoms in total. The van der Waals surface area contributed by atoms with Gasteiger partial charge in [-0.1, -0.05) is 12.1 Å². The lowest BCUT2D eigenvalue weighted by Gasteiger charge is -2.23. The maximum absolute atomic E-state index is 12.8. The molecule has 1 fully saturated rings. The van der Waals surface area contributed by atoms with Crippen LogP contribution < -0.4 is 9.47 Å². The Morgan fingerprint density at radius 3 is 2.61 bits per heavy atom. The van der Waals surface area contributed by atoms with Gasteiger partial charge in [0, 0.05) is 30.7 Å². The Morgan fingerprint density at radius 1 is 1.13 bits per heavy atom. The highest BCUT2D eigenvalue weighted by atomic mass is 16.6. The van der Waals surface area contributed by atoms with Crippen LogP contribution in [0.4, 0.5) is 5.69 Å². The topological polar surface area (TPSA) is 108 Å². The van der Waals surface area contributed by atoms with Crippen LogP contribution in [0.25, 0.3) is 0 Å². The number of carbonyl (C=O) groups is 2. The highest BCUT2D eigenvalue weighted by molar-refractivity contribution is 5.97. The number of hydrogen-bond acceptors (Lipinski definition) is 7. The standard InChI is InChI=1S/C22H24N2O7/c1-29-19-9-8-15(13-20(19)30-2)10-12-31-22(26)18-7-4-11-23(18)21(25)16-5-3-6-17(14-16)24(27)28/h3,5-6,8-9,13-14,18H,4,7,10-12H2,1-2H3/t18-/m0/s1. The number of amides is 1. The number of nitrogens with zero attached hydrogens (tertiary/aromatic N) is 2. The summed E-state index contributed by atoms with van der Waals surface area (Å²) >= 11 is 0. The fraction of sp³-hybridized carbons (Fsp3) is 0.364. The summed E-state index contributed by atoms with van der Waals surface area (Å²) < 4.78 is 15.9. The first-order valence-electron chi connectivity index (χ1n) is 9.87. The van der Waals surface area contributed by atoms with Crippen molar-refractivity contribution in [2.75, 3.05) is 27.4 Å². The molecule has 1 amide bonds. The fourth-order valence-corrected chi connectivity index (χ4v) is 3.57. The predicted molar refractivity (Wildman–Crippen MR) is 111 cm³/mol. The lowest BCUT2D eigenvalue weighted by atomic mass is 10.1. The molecular formula is C22H24N2O7. The summed E-state index contributed by atoms with van der Waals surface area (Å²) in [5, 5.41) is 11.0. The Morgan fingerprint density at radius 2 is 1.90 bits per heavy atom. The van der Waals surface area contributed by atoms with Crippen LogP contribution in [0, 0.1) is 10.1 Å². The van der Waals surface area contributed by atoms with Gasteiger partial charge >= 0.3 is 5.97 Å². The SMILES string of the molecule is COc1ccc(CCOC(=O)[C@@H]2CCCN2C(=O)c2cccc([N+](=O)[O-])c2)cc1OC. The number of ether oxygens (including phenoxy) is 3. The average molecular weight is 428 g/mol. The van der Waals surface area contributed by atoms with E-state index < -0.39 is 22.8 Å². The second-order valence-electron chi connectivity index (χ2n) is 7.07. The molecule has 1 heterocycles. The Labute approximate surface area is 179 Å². The van der Waals surface area contributed by atoms with Crippen LogP contribution in [0.1, 0.15) is 28.8 Å². The van der Waals surface area contributed by atoms with Crippen LogP contribution in [0.3, 0.4) is 0 Å². The fourth-order valence-electron chi connectivity index (χ4n) is 3.57. The van der Waals surface area contributed by atoms with E-state index in [2.05, 4.69) is 0 Å². The van der Waals surface area contributed by atoms with Crippen molar-refractivity contribution in [3.8, 4) is 11.5 Å². The number of rotatable bonds is 8. The van der Waals surface area contributed by atoms with Gasteiger partial charge in [-0.3, -0.25) is 14.9 Å². The molecule has 1 atom stereocenters. The second-order valence-corrected chi connectivity index (χ2v) is 7.07. The highest BCUT2D eigenvalue weighted by Crippen LogP contribution is 2.28. The van der Waals surface area contributed by atoms with Crippen molar-refractivity contribution in [2.24, 2.45) is 0 Å². The number of non-ortho nitro benzene ring substituents is 1. The van der Waals surface area contributed by atoms with Crippen molar-refractivity contribution in [3.05, 3.63) is 63.7 Å². The van der Waals surface area contributed by atoms with Gasteiger partial charge in [0.2, 0.25) is 0 Å². The van der Waals surface area contributed by atoms with Gasteiger partial charge in [-0.15, -0.1) is 0 Å². The van der Waals surface area contributed by atoms with Crippen LogP contribution in [0.2, 0.25) is 0 Å². The van der Waals surface area contributed by atoms with Crippen LogP contribution in [0.15, 0.2) is 42.5 Å². The molecule has 0 bridgehead atoms. The third kappa shape index (κ3) is 5.11. The molecule has 31 heavy (non-hydrogen) atoms. The van der Waals surface area contributed by atoms with Gasteiger partial charge in [0.25, 0.3) is 11.6 Å². The van der Waals surface area contributed by atoms with Crippen molar-refractivity contribution < 1.29 is 28.7 Å². The molecule has 0 unspecified atom stereocenters. The monoisotopic (exact) mass is 428 g/mol. The molecule has 0 saturated carbocycles. The third-order valence-corrected chi connectivity index (χ3v) is 5.17. The zero-order chi connectivity index (χ0) is 22.4. The first kappa shape index (κ1) is 22.1. The normalized spacial score (nSPS) is 15.4. The minimum absolute atomic E-state index is 0.156. The van der Waals surface area contributed by atoms with Crippen LogP contribution >= 0.6 is 0 Å². The van der Waals surface area contributed by atoms with Crippen molar-refractivity contribution >= 4 is 17.6 Å². The molecule has 3 rings (SSSR count). The highest BCUT2D eigenvalue weighted by Gasteiger charge is 2.36. The quantitative estimate of drug-likeness (QED) is 0.361. The van der Waals surface area contributed by atoms with Crippen molar-refractivity contribution in [2.45, 2.75) is 25.3 Å². The number of benzene rings is 2. The Kier molecular flexibility index (Phi) is 7.07. The molecule has 1 aliphatic heterocycles. The average Bonchev–Trinajstić information content (AvgIpc) is 3.28. The molecule has 2 aromatic rings. The van der Waals surface area contributed by atoms with E-state index in [9.17, 15) is 19.7 Å². The molecule has 0 aliphatic carbocycles. The molecule has 0 aromatic heterocycles. The van der Waals surface area contributed by atoms with Gasteiger partial charge in [-0.2, -0.15) is 0 Å². The minimum atomic E-state index is -0.697. The molecule has 2 aromatic carbocycles. The lowest BCUT2D eigenvalue weighted by Crippen LogP contribution is -2.41. The van der Waals surface area contributed by atoms with Crippen molar-refractivity contribution in [1.29, 1.82) is 0 Å². The first-order valence-corrected chi connectivity index (χ1v) is 9.87. The Hall–Kier alpha value is -3.62. The third-order valence-electron chi connectivity index (χ3n) is 5.17. The molecule has 0 spiro atoms. The van der Waals surface area contributed by atoms with E-state index in [-0.39, 0.29) is 17.9 Å². The van der Waals surface area contributed by atoms with Gasteiger partial charge in [0.15, 0.2) is 11.5 Å². The number of esters is 1. The van der Waals surface area contributed by atoms with Gasteiger partial charge in [0.05, 0.1) is 25.7 Å². The molecule has 0 radical (unpaired) electrons.